The summed E-state index contributed by atoms with van der Waals surface area (Å²) >= 11 is 0. The van der Waals surface area contributed by atoms with Gasteiger partial charge in [0, 0.05) is 11.8 Å². The van der Waals surface area contributed by atoms with Gasteiger partial charge < -0.3 is 0 Å². The van der Waals surface area contributed by atoms with Crippen LogP contribution in [0.15, 0.2) is 91.1 Å². The molecule has 0 amide bonds. The van der Waals surface area contributed by atoms with E-state index in [0.29, 0.717) is 22.6 Å². The Bertz CT molecular complexity index is 1030. The van der Waals surface area contributed by atoms with E-state index in [1.807, 2.05) is 36.4 Å². The van der Waals surface area contributed by atoms with Gasteiger partial charge in [-0.25, -0.2) is 4.98 Å². The normalized spacial score (nSPS) is 11.4. The maximum atomic E-state index is 13.6. The van der Waals surface area contributed by atoms with Crippen LogP contribution in [0.3, 0.4) is 0 Å². The first kappa shape index (κ1) is 17.9. The minimum atomic E-state index is -4.45. The van der Waals surface area contributed by atoms with Crippen LogP contribution in [-0.4, -0.2) is 9.97 Å². The third-order valence-corrected chi connectivity index (χ3v) is 4.37. The van der Waals surface area contributed by atoms with Crippen molar-refractivity contribution in [3.8, 4) is 33.8 Å². The van der Waals surface area contributed by atoms with Gasteiger partial charge in [0.05, 0.1) is 22.6 Å². The first-order valence-electron chi connectivity index (χ1n) is 8.68. The van der Waals surface area contributed by atoms with E-state index in [-0.39, 0.29) is 5.56 Å². The number of benzene rings is 2. The lowest BCUT2D eigenvalue weighted by Crippen LogP contribution is -2.07. The lowest BCUT2D eigenvalue weighted by Gasteiger charge is -2.15. The van der Waals surface area contributed by atoms with Crippen molar-refractivity contribution in [1.29, 1.82) is 0 Å². The zero-order chi connectivity index (χ0) is 19.6. The van der Waals surface area contributed by atoms with Crippen molar-refractivity contribution in [2.24, 2.45) is 0 Å². The molecule has 2 nitrogen and oxygen atoms in total. The topological polar surface area (TPSA) is 25.8 Å². The minimum absolute atomic E-state index is 0.117. The number of aromatic nitrogens is 2. The standard InChI is InChI=1S/C23H15F3N2/c24-23(25,26)19-11-5-4-10-18(19)17-14-21(16-8-2-1-3-9-16)28-22(15-17)20-12-6-7-13-27-20/h1-15H. The van der Waals surface area contributed by atoms with Gasteiger partial charge in [-0.15, -0.1) is 0 Å². The van der Waals surface area contributed by atoms with Crippen LogP contribution < -0.4 is 0 Å². The van der Waals surface area contributed by atoms with Crippen molar-refractivity contribution in [2.75, 3.05) is 0 Å². The van der Waals surface area contributed by atoms with E-state index in [1.165, 1.54) is 12.1 Å². The molecule has 2 aromatic carbocycles. The Morgan fingerprint density at radius 3 is 2.00 bits per heavy atom. The Kier molecular flexibility index (Phi) is 4.65. The van der Waals surface area contributed by atoms with Crippen molar-refractivity contribution in [3.05, 3.63) is 96.7 Å². The Labute approximate surface area is 160 Å². The molecule has 2 aromatic heterocycles. The third-order valence-electron chi connectivity index (χ3n) is 4.37. The molecule has 0 bridgehead atoms. The summed E-state index contributed by atoms with van der Waals surface area (Å²) in [6, 6.07) is 23.7. The molecule has 0 aliphatic heterocycles. The molecule has 0 unspecified atom stereocenters. The van der Waals surface area contributed by atoms with Gasteiger partial charge in [-0.3, -0.25) is 4.98 Å². The van der Waals surface area contributed by atoms with E-state index in [2.05, 4.69) is 9.97 Å². The van der Waals surface area contributed by atoms with E-state index < -0.39 is 11.7 Å². The largest absolute Gasteiger partial charge is 0.417 e. The van der Waals surface area contributed by atoms with Crippen molar-refractivity contribution in [2.45, 2.75) is 6.18 Å². The van der Waals surface area contributed by atoms with Crippen LogP contribution in [0.1, 0.15) is 5.56 Å². The molecule has 0 aliphatic carbocycles. The molecule has 4 aromatic rings. The molecule has 138 valence electrons. The molecule has 0 atom stereocenters. The first-order valence-corrected chi connectivity index (χ1v) is 8.68. The highest BCUT2D eigenvalue weighted by Gasteiger charge is 2.33. The van der Waals surface area contributed by atoms with E-state index in [1.54, 1.807) is 36.5 Å². The molecule has 2 heterocycles. The predicted octanol–water partition coefficient (Wildman–Crippen LogP) is 6.50. The van der Waals surface area contributed by atoms with Crippen LogP contribution in [-0.2, 0) is 6.18 Å². The molecule has 28 heavy (non-hydrogen) atoms. The summed E-state index contributed by atoms with van der Waals surface area (Å²) in [4.78, 5) is 8.95. The second-order valence-corrected chi connectivity index (χ2v) is 6.25. The summed E-state index contributed by atoms with van der Waals surface area (Å²) in [6.07, 6.45) is -2.81. The van der Waals surface area contributed by atoms with Crippen LogP contribution in [0, 0.1) is 0 Å². The van der Waals surface area contributed by atoms with Crippen molar-refractivity contribution >= 4 is 0 Å². The zero-order valence-corrected chi connectivity index (χ0v) is 14.7. The van der Waals surface area contributed by atoms with Gasteiger partial charge >= 0.3 is 6.18 Å². The summed E-state index contributed by atoms with van der Waals surface area (Å²) < 4.78 is 40.7. The summed E-state index contributed by atoms with van der Waals surface area (Å²) in [5.74, 6) is 0. The Hall–Kier alpha value is -3.47. The van der Waals surface area contributed by atoms with Gasteiger partial charge in [-0.2, -0.15) is 13.2 Å². The van der Waals surface area contributed by atoms with Crippen LogP contribution in [0.5, 0.6) is 0 Å². The van der Waals surface area contributed by atoms with E-state index in [0.717, 1.165) is 11.6 Å². The summed E-state index contributed by atoms with van der Waals surface area (Å²) in [6.45, 7) is 0. The average Bonchev–Trinajstić information content (AvgIpc) is 2.74. The van der Waals surface area contributed by atoms with Gasteiger partial charge in [0.25, 0.3) is 0 Å². The van der Waals surface area contributed by atoms with E-state index in [4.69, 9.17) is 0 Å². The van der Waals surface area contributed by atoms with Crippen LogP contribution >= 0.6 is 0 Å². The maximum Gasteiger partial charge on any atom is 0.417 e. The summed E-state index contributed by atoms with van der Waals surface area (Å²) in [5.41, 5.74) is 2.43. The van der Waals surface area contributed by atoms with Crippen LogP contribution in [0.25, 0.3) is 33.8 Å². The van der Waals surface area contributed by atoms with Crippen molar-refractivity contribution in [3.63, 3.8) is 0 Å². The SMILES string of the molecule is FC(F)(F)c1ccccc1-c1cc(-c2ccccc2)nc(-c2ccccn2)c1. The number of hydrogen-bond donors (Lipinski definition) is 0. The number of pyridine rings is 2. The van der Waals surface area contributed by atoms with E-state index in [9.17, 15) is 13.2 Å². The number of alkyl halides is 3. The van der Waals surface area contributed by atoms with Gasteiger partial charge in [-0.1, -0.05) is 54.6 Å². The molecular formula is C23H15F3N2. The molecule has 0 radical (unpaired) electrons. The summed E-state index contributed by atoms with van der Waals surface area (Å²) in [5, 5.41) is 0. The molecule has 4 rings (SSSR count). The van der Waals surface area contributed by atoms with Crippen LogP contribution in [0.4, 0.5) is 13.2 Å². The van der Waals surface area contributed by atoms with Crippen molar-refractivity contribution < 1.29 is 13.2 Å². The Morgan fingerprint density at radius 1 is 0.607 bits per heavy atom. The summed E-state index contributed by atoms with van der Waals surface area (Å²) in [7, 11) is 0. The fraction of sp³-hybridized carbons (Fsp3) is 0.0435. The fourth-order valence-electron chi connectivity index (χ4n) is 3.07. The number of rotatable bonds is 3. The van der Waals surface area contributed by atoms with Crippen LogP contribution in [0.2, 0.25) is 0 Å². The van der Waals surface area contributed by atoms with E-state index >= 15 is 0 Å². The smallest absolute Gasteiger partial charge is 0.255 e. The molecule has 0 fully saturated rings. The quantitative estimate of drug-likeness (QED) is 0.408. The van der Waals surface area contributed by atoms with Gasteiger partial charge in [0.2, 0.25) is 0 Å². The Morgan fingerprint density at radius 2 is 1.29 bits per heavy atom. The third kappa shape index (κ3) is 3.64. The van der Waals surface area contributed by atoms with Crippen molar-refractivity contribution in [1.82, 2.24) is 9.97 Å². The highest BCUT2D eigenvalue weighted by atomic mass is 19.4. The van der Waals surface area contributed by atoms with Gasteiger partial charge in [0.15, 0.2) is 0 Å². The Balaban J connectivity index is 1.96. The maximum absolute atomic E-state index is 13.6. The number of hydrogen-bond acceptors (Lipinski definition) is 2. The molecule has 0 spiro atoms. The molecule has 0 N–H and O–H groups in total. The highest BCUT2D eigenvalue weighted by molar-refractivity contribution is 5.77. The molecule has 0 saturated heterocycles. The fourth-order valence-corrected chi connectivity index (χ4v) is 3.07. The number of nitrogens with zero attached hydrogens (tertiary/aromatic N) is 2. The zero-order valence-electron chi connectivity index (χ0n) is 14.7. The minimum Gasteiger partial charge on any atom is -0.255 e. The molecular weight excluding hydrogens is 361 g/mol. The molecule has 0 saturated carbocycles. The average molecular weight is 376 g/mol. The van der Waals surface area contributed by atoms with Gasteiger partial charge in [-0.05, 0) is 41.5 Å². The lowest BCUT2D eigenvalue weighted by atomic mass is 9.97. The molecule has 5 heteroatoms. The number of halogens is 3. The first-order chi connectivity index (χ1) is 13.5. The molecule has 0 aliphatic rings. The monoisotopic (exact) mass is 376 g/mol. The predicted molar refractivity (Wildman–Crippen MR) is 103 cm³/mol. The highest BCUT2D eigenvalue weighted by Crippen LogP contribution is 2.38. The lowest BCUT2D eigenvalue weighted by molar-refractivity contribution is -0.137. The van der Waals surface area contributed by atoms with Gasteiger partial charge in [0.1, 0.15) is 0 Å². The second kappa shape index (κ2) is 7.27. The second-order valence-electron chi connectivity index (χ2n) is 6.25.